The lowest BCUT2D eigenvalue weighted by atomic mass is 10.00. The van der Waals surface area contributed by atoms with Crippen molar-refractivity contribution < 1.29 is 0 Å². The predicted molar refractivity (Wildman–Crippen MR) is 108 cm³/mol. The van der Waals surface area contributed by atoms with Crippen molar-refractivity contribution in [1.29, 1.82) is 0 Å². The number of likely N-dealkylation sites (tertiary alicyclic amines) is 1. The number of piperidine rings is 1. The van der Waals surface area contributed by atoms with Gasteiger partial charge in [0.15, 0.2) is 0 Å². The molecule has 0 amide bonds. The van der Waals surface area contributed by atoms with E-state index in [1.165, 1.54) is 36.5 Å². The van der Waals surface area contributed by atoms with Gasteiger partial charge in [0.1, 0.15) is 0 Å². The number of hydrogen-bond donors (Lipinski definition) is 1. The molecule has 132 valence electrons. The molecule has 0 unspecified atom stereocenters. The third-order valence-electron chi connectivity index (χ3n) is 4.40. The number of aliphatic imine (C=N–C) groups is 1. The van der Waals surface area contributed by atoms with E-state index in [1.54, 1.807) is 0 Å². The van der Waals surface area contributed by atoms with E-state index < -0.39 is 0 Å². The van der Waals surface area contributed by atoms with Crippen LogP contribution in [0.2, 0.25) is 0 Å². The van der Waals surface area contributed by atoms with Crippen LogP contribution in [0.1, 0.15) is 19.8 Å². The van der Waals surface area contributed by atoms with Crippen molar-refractivity contribution in [2.24, 2.45) is 10.9 Å². The Bertz CT molecular complexity index is 548. The zero-order valence-corrected chi connectivity index (χ0v) is 16.1. The first-order valence-electron chi connectivity index (χ1n) is 8.60. The second-order valence-electron chi connectivity index (χ2n) is 6.46. The van der Waals surface area contributed by atoms with Gasteiger partial charge in [-0.15, -0.1) is 11.8 Å². The maximum absolute atomic E-state index is 4.18. The smallest absolute Gasteiger partial charge is 0.0916 e. The molecule has 0 atom stereocenters. The van der Waals surface area contributed by atoms with Gasteiger partial charge in [0.2, 0.25) is 0 Å². The Morgan fingerprint density at radius 1 is 1.33 bits per heavy atom. The van der Waals surface area contributed by atoms with Crippen molar-refractivity contribution >= 4 is 23.7 Å². The highest BCUT2D eigenvalue weighted by atomic mass is 32.2. The van der Waals surface area contributed by atoms with Crippen molar-refractivity contribution in [3.8, 4) is 0 Å². The highest BCUT2D eigenvalue weighted by Crippen LogP contribution is 2.26. The third kappa shape index (κ3) is 5.87. The van der Waals surface area contributed by atoms with Gasteiger partial charge in [-0.3, -0.25) is 15.4 Å². The maximum Gasteiger partial charge on any atom is 0.0916 e. The highest BCUT2D eigenvalue weighted by molar-refractivity contribution is 8.03. The van der Waals surface area contributed by atoms with Gasteiger partial charge >= 0.3 is 0 Å². The number of allylic oxidation sites excluding steroid dienone is 1. The van der Waals surface area contributed by atoms with Crippen LogP contribution in [-0.4, -0.2) is 51.1 Å². The van der Waals surface area contributed by atoms with Gasteiger partial charge in [-0.25, -0.2) is 0 Å². The van der Waals surface area contributed by atoms with Crippen molar-refractivity contribution in [2.45, 2.75) is 19.8 Å². The number of nitrogens with zero attached hydrogens (tertiary/aromatic N) is 3. The molecule has 1 aromatic rings. The predicted octanol–water partition coefficient (Wildman–Crippen LogP) is 3.63. The topological polar surface area (TPSA) is 30.9 Å². The minimum Gasteiger partial charge on any atom is -0.306 e. The fraction of sp³-hybridized carbons (Fsp3) is 0.526. The molecule has 0 spiro atoms. The van der Waals surface area contributed by atoms with Gasteiger partial charge < -0.3 is 4.90 Å². The van der Waals surface area contributed by atoms with Crippen molar-refractivity contribution in [3.05, 3.63) is 40.9 Å². The molecule has 4 nitrogen and oxygen atoms in total. The molecule has 0 bridgehead atoms. The molecule has 0 aromatic heterocycles. The quantitative estimate of drug-likeness (QED) is 0.603. The van der Waals surface area contributed by atoms with E-state index in [2.05, 4.69) is 65.6 Å². The average molecular weight is 347 g/mol. The van der Waals surface area contributed by atoms with Crippen LogP contribution in [0.15, 0.2) is 45.9 Å². The fourth-order valence-electron chi connectivity index (χ4n) is 2.78. The van der Waals surface area contributed by atoms with E-state index in [-0.39, 0.29) is 0 Å². The minimum absolute atomic E-state index is 0.802. The number of nitrogens with one attached hydrogen (secondary N) is 1. The molecule has 1 saturated heterocycles. The molecule has 1 aliphatic rings. The largest absolute Gasteiger partial charge is 0.306 e. The molecule has 0 radical (unpaired) electrons. The first-order valence-corrected chi connectivity index (χ1v) is 9.58. The molecule has 2 rings (SSSR count). The van der Waals surface area contributed by atoms with Crippen LogP contribution in [0, 0.1) is 5.92 Å². The van der Waals surface area contributed by atoms with Crippen LogP contribution in [-0.2, 0) is 0 Å². The molecule has 1 aromatic carbocycles. The standard InChI is InChI=1S/C19H30N4S/c1-16(14-20-2)19(21-23(4)18-8-6-5-7-9-18)24-15-17-10-12-22(3)13-11-17/h5-9,14,17,21H,10-13,15H2,1-4H3. The SMILES string of the molecule is CN=CC(C)=C(NN(C)c1ccccc1)SCC1CCN(C)CC1. The lowest BCUT2D eigenvalue weighted by Gasteiger charge is -2.30. The van der Waals surface area contributed by atoms with Crippen molar-refractivity contribution in [3.63, 3.8) is 0 Å². The summed E-state index contributed by atoms with van der Waals surface area (Å²) in [5, 5.41) is 3.26. The summed E-state index contributed by atoms with van der Waals surface area (Å²) in [6.45, 7) is 4.56. The van der Waals surface area contributed by atoms with Gasteiger partial charge in [0.05, 0.1) is 10.7 Å². The second kappa shape index (κ2) is 9.74. The van der Waals surface area contributed by atoms with Crippen LogP contribution in [0.3, 0.4) is 0 Å². The fourth-order valence-corrected chi connectivity index (χ4v) is 4.00. The number of hydrogen-bond acceptors (Lipinski definition) is 5. The molecule has 0 aliphatic carbocycles. The van der Waals surface area contributed by atoms with Crippen molar-refractivity contribution in [2.75, 3.05) is 45.0 Å². The van der Waals surface area contributed by atoms with E-state index in [0.29, 0.717) is 0 Å². The number of hydrazine groups is 1. The lowest BCUT2D eigenvalue weighted by Crippen LogP contribution is -2.34. The van der Waals surface area contributed by atoms with E-state index >= 15 is 0 Å². The second-order valence-corrected chi connectivity index (χ2v) is 7.49. The zero-order chi connectivity index (χ0) is 17.4. The summed E-state index contributed by atoms with van der Waals surface area (Å²) in [6, 6.07) is 10.4. The van der Waals surface area contributed by atoms with Crippen LogP contribution < -0.4 is 10.4 Å². The average Bonchev–Trinajstić information content (AvgIpc) is 2.60. The normalized spacial score (nSPS) is 17.8. The Kier molecular flexibility index (Phi) is 7.66. The summed E-state index contributed by atoms with van der Waals surface area (Å²) in [4.78, 5) is 6.60. The maximum atomic E-state index is 4.18. The summed E-state index contributed by atoms with van der Waals surface area (Å²) in [7, 11) is 6.10. The van der Waals surface area contributed by atoms with Crippen LogP contribution in [0.4, 0.5) is 5.69 Å². The molecule has 1 N–H and O–H groups in total. The Morgan fingerprint density at radius 3 is 2.62 bits per heavy atom. The summed E-state index contributed by atoms with van der Waals surface area (Å²) in [6.07, 6.45) is 4.53. The highest BCUT2D eigenvalue weighted by Gasteiger charge is 2.18. The van der Waals surface area contributed by atoms with Crippen molar-refractivity contribution in [1.82, 2.24) is 10.3 Å². The Labute approximate surface area is 151 Å². The lowest BCUT2D eigenvalue weighted by molar-refractivity contribution is 0.232. The molecule has 24 heavy (non-hydrogen) atoms. The Morgan fingerprint density at radius 2 is 2.00 bits per heavy atom. The van der Waals surface area contributed by atoms with E-state index in [4.69, 9.17) is 0 Å². The molecular formula is C19H30N4S. The number of anilines is 1. The minimum atomic E-state index is 0.802. The summed E-state index contributed by atoms with van der Waals surface area (Å²) in [5.41, 5.74) is 5.87. The monoisotopic (exact) mass is 346 g/mol. The van der Waals surface area contributed by atoms with Gasteiger partial charge in [-0.05, 0) is 63.5 Å². The van der Waals surface area contributed by atoms with Gasteiger partial charge in [0.25, 0.3) is 0 Å². The Balaban J connectivity index is 1.99. The molecule has 1 fully saturated rings. The van der Waals surface area contributed by atoms with Crippen LogP contribution in [0.25, 0.3) is 0 Å². The number of thioether (sulfide) groups is 1. The molecule has 0 saturated carbocycles. The number of rotatable bonds is 7. The van der Waals surface area contributed by atoms with Gasteiger partial charge in [-0.1, -0.05) is 18.2 Å². The van der Waals surface area contributed by atoms with Crippen LogP contribution >= 0.6 is 11.8 Å². The van der Waals surface area contributed by atoms with E-state index in [0.717, 1.165) is 17.4 Å². The first-order chi connectivity index (χ1) is 11.6. The third-order valence-corrected chi connectivity index (χ3v) is 5.74. The molecule has 5 heteroatoms. The summed E-state index contributed by atoms with van der Waals surface area (Å²) >= 11 is 1.92. The number of benzene rings is 1. The van der Waals surface area contributed by atoms with Gasteiger partial charge in [-0.2, -0.15) is 0 Å². The summed E-state index contributed by atoms with van der Waals surface area (Å²) < 4.78 is 0. The van der Waals surface area contributed by atoms with Crippen LogP contribution in [0.5, 0.6) is 0 Å². The van der Waals surface area contributed by atoms with E-state index in [9.17, 15) is 0 Å². The summed E-state index contributed by atoms with van der Waals surface area (Å²) in [5.74, 6) is 1.96. The zero-order valence-electron chi connectivity index (χ0n) is 15.3. The van der Waals surface area contributed by atoms with Gasteiger partial charge in [0, 0.05) is 26.1 Å². The molecule has 1 heterocycles. The first kappa shape index (κ1) is 18.9. The number of para-hydroxylation sites is 1. The molecular weight excluding hydrogens is 316 g/mol. The Hall–Kier alpha value is -1.46. The molecule has 1 aliphatic heterocycles. The van der Waals surface area contributed by atoms with E-state index in [1.807, 2.05) is 31.1 Å².